The second-order valence-corrected chi connectivity index (χ2v) is 5.09. The van der Waals surface area contributed by atoms with E-state index in [4.69, 9.17) is 10.5 Å². The van der Waals surface area contributed by atoms with Gasteiger partial charge in [0.25, 0.3) is 0 Å². The van der Waals surface area contributed by atoms with Crippen LogP contribution in [-0.4, -0.2) is 6.61 Å². The first-order chi connectivity index (χ1) is 7.83. The maximum atomic E-state index is 6.00. The van der Waals surface area contributed by atoms with E-state index >= 15 is 0 Å². The largest absolute Gasteiger partial charge is 0.494 e. The molecule has 16 heavy (non-hydrogen) atoms. The number of ether oxygens (including phenoxy) is 1. The fourth-order valence-corrected chi connectivity index (χ4v) is 2.47. The molecule has 3 rings (SSSR count). The predicted molar refractivity (Wildman–Crippen MR) is 64.5 cm³/mol. The molecule has 0 spiro atoms. The molecule has 0 amide bonds. The molecule has 1 aromatic rings. The fourth-order valence-electron chi connectivity index (χ4n) is 2.47. The highest BCUT2D eigenvalue weighted by Gasteiger charge is 2.21. The number of hydrogen-bond donors (Lipinski definition) is 1. The molecule has 0 radical (unpaired) electrons. The molecule has 2 heteroatoms. The van der Waals surface area contributed by atoms with Crippen molar-refractivity contribution in [1.82, 2.24) is 0 Å². The molecule has 0 unspecified atom stereocenters. The molecule has 0 aromatic heterocycles. The van der Waals surface area contributed by atoms with Crippen molar-refractivity contribution in [2.75, 3.05) is 6.61 Å². The van der Waals surface area contributed by atoms with Crippen molar-refractivity contribution in [1.29, 1.82) is 0 Å². The van der Waals surface area contributed by atoms with Gasteiger partial charge in [0.15, 0.2) is 0 Å². The predicted octanol–water partition coefficient (Wildman–Crippen LogP) is 2.81. The van der Waals surface area contributed by atoms with E-state index in [0.717, 1.165) is 31.1 Å². The Morgan fingerprint density at radius 3 is 2.94 bits per heavy atom. The first kappa shape index (κ1) is 10.2. The molecule has 0 aliphatic heterocycles. The number of benzene rings is 1. The van der Waals surface area contributed by atoms with Gasteiger partial charge >= 0.3 is 0 Å². The second kappa shape index (κ2) is 4.10. The third-order valence-electron chi connectivity index (χ3n) is 3.73. The van der Waals surface area contributed by atoms with Crippen molar-refractivity contribution in [3.63, 3.8) is 0 Å². The monoisotopic (exact) mass is 217 g/mol. The van der Waals surface area contributed by atoms with Gasteiger partial charge < -0.3 is 10.5 Å². The maximum absolute atomic E-state index is 6.00. The van der Waals surface area contributed by atoms with Gasteiger partial charge in [0, 0.05) is 6.04 Å². The molecule has 1 atom stereocenters. The van der Waals surface area contributed by atoms with E-state index in [1.54, 1.807) is 0 Å². The van der Waals surface area contributed by atoms with Crippen LogP contribution in [0.3, 0.4) is 0 Å². The van der Waals surface area contributed by atoms with Gasteiger partial charge in [0.1, 0.15) is 5.75 Å². The summed E-state index contributed by atoms with van der Waals surface area (Å²) >= 11 is 0. The van der Waals surface area contributed by atoms with Crippen LogP contribution in [0.4, 0.5) is 0 Å². The number of nitrogens with two attached hydrogens (primary N) is 1. The van der Waals surface area contributed by atoms with E-state index in [2.05, 4.69) is 18.2 Å². The third kappa shape index (κ3) is 2.07. The van der Waals surface area contributed by atoms with Crippen LogP contribution in [0.1, 0.15) is 42.9 Å². The Balaban J connectivity index is 1.62. The minimum absolute atomic E-state index is 0.246. The molecule has 1 fully saturated rings. The molecule has 86 valence electrons. The topological polar surface area (TPSA) is 35.2 Å². The summed E-state index contributed by atoms with van der Waals surface area (Å²) in [7, 11) is 0. The zero-order chi connectivity index (χ0) is 11.0. The van der Waals surface area contributed by atoms with E-state index in [-0.39, 0.29) is 6.04 Å². The highest BCUT2D eigenvalue weighted by molar-refractivity contribution is 5.40. The summed E-state index contributed by atoms with van der Waals surface area (Å²) in [5.41, 5.74) is 8.70. The van der Waals surface area contributed by atoms with E-state index in [0.29, 0.717) is 0 Å². The first-order valence-corrected chi connectivity index (χ1v) is 6.34. The van der Waals surface area contributed by atoms with Gasteiger partial charge in [-0.2, -0.15) is 0 Å². The van der Waals surface area contributed by atoms with Crippen LogP contribution in [0.25, 0.3) is 0 Å². The number of aryl methyl sites for hydroxylation is 1. The molecule has 2 nitrogen and oxygen atoms in total. The normalized spacial score (nSPS) is 23.2. The molecule has 0 heterocycles. The Morgan fingerprint density at radius 1 is 1.25 bits per heavy atom. The Hall–Kier alpha value is -1.02. The molecule has 0 bridgehead atoms. The fraction of sp³-hybridized carbons (Fsp3) is 0.571. The van der Waals surface area contributed by atoms with Crippen molar-refractivity contribution in [2.24, 2.45) is 11.7 Å². The highest BCUT2D eigenvalue weighted by atomic mass is 16.5. The Labute approximate surface area is 96.8 Å². The molecule has 2 aliphatic rings. The van der Waals surface area contributed by atoms with Gasteiger partial charge in [-0.1, -0.05) is 18.9 Å². The molecule has 1 aromatic carbocycles. The number of hydrogen-bond acceptors (Lipinski definition) is 2. The molecule has 1 saturated carbocycles. The number of fused-ring (bicyclic) bond motifs is 1. The van der Waals surface area contributed by atoms with Gasteiger partial charge in [-0.15, -0.1) is 0 Å². The van der Waals surface area contributed by atoms with Crippen LogP contribution < -0.4 is 10.5 Å². The summed E-state index contributed by atoms with van der Waals surface area (Å²) in [6.45, 7) is 0.871. The summed E-state index contributed by atoms with van der Waals surface area (Å²) in [4.78, 5) is 0. The van der Waals surface area contributed by atoms with Crippen LogP contribution >= 0.6 is 0 Å². The third-order valence-corrected chi connectivity index (χ3v) is 3.73. The zero-order valence-electron chi connectivity index (χ0n) is 9.61. The lowest BCUT2D eigenvalue weighted by molar-refractivity contribution is 0.302. The van der Waals surface area contributed by atoms with Crippen LogP contribution in [0.2, 0.25) is 0 Å². The summed E-state index contributed by atoms with van der Waals surface area (Å²) in [6, 6.07) is 6.63. The summed E-state index contributed by atoms with van der Waals surface area (Å²) in [6.07, 6.45) is 6.22. The Morgan fingerprint density at radius 2 is 2.12 bits per heavy atom. The average Bonchev–Trinajstić information content (AvgIpc) is 3.04. The standard InChI is InChI=1S/C14H19NO/c15-14-6-3-11-9-12(4-5-13(11)14)16-8-7-10-1-2-10/h4-5,9-10,14H,1-3,6-8,15H2/t14-/m1/s1. The Kier molecular flexibility index (Phi) is 2.60. The van der Waals surface area contributed by atoms with E-state index in [1.807, 2.05) is 0 Å². The van der Waals surface area contributed by atoms with E-state index in [9.17, 15) is 0 Å². The van der Waals surface area contributed by atoms with Gasteiger partial charge in [-0.05, 0) is 48.4 Å². The average molecular weight is 217 g/mol. The summed E-state index contributed by atoms with van der Waals surface area (Å²) in [5.74, 6) is 1.97. The SMILES string of the molecule is N[C@@H]1CCc2cc(OCCC3CC3)ccc21. The van der Waals surface area contributed by atoms with Crippen LogP contribution in [0, 0.1) is 5.92 Å². The van der Waals surface area contributed by atoms with E-state index < -0.39 is 0 Å². The van der Waals surface area contributed by atoms with Gasteiger partial charge in [-0.3, -0.25) is 0 Å². The smallest absolute Gasteiger partial charge is 0.119 e. The number of rotatable bonds is 4. The minimum atomic E-state index is 0.246. The lowest BCUT2D eigenvalue weighted by Crippen LogP contribution is -2.05. The highest BCUT2D eigenvalue weighted by Crippen LogP contribution is 2.34. The van der Waals surface area contributed by atoms with Crippen molar-refractivity contribution < 1.29 is 4.74 Å². The molecular formula is C14H19NO. The molecule has 0 saturated heterocycles. The van der Waals surface area contributed by atoms with Crippen molar-refractivity contribution in [3.8, 4) is 5.75 Å². The van der Waals surface area contributed by atoms with Crippen LogP contribution in [0.5, 0.6) is 5.75 Å². The lowest BCUT2D eigenvalue weighted by atomic mass is 10.1. The molecule has 2 aliphatic carbocycles. The van der Waals surface area contributed by atoms with Crippen LogP contribution in [0.15, 0.2) is 18.2 Å². The van der Waals surface area contributed by atoms with E-state index in [1.165, 1.54) is 30.4 Å². The Bertz CT molecular complexity index is 384. The molecular weight excluding hydrogens is 198 g/mol. The summed E-state index contributed by atoms with van der Waals surface area (Å²) < 4.78 is 5.78. The van der Waals surface area contributed by atoms with Gasteiger partial charge in [0.2, 0.25) is 0 Å². The van der Waals surface area contributed by atoms with Crippen molar-refractivity contribution in [2.45, 2.75) is 38.1 Å². The summed E-state index contributed by atoms with van der Waals surface area (Å²) in [5, 5.41) is 0. The minimum Gasteiger partial charge on any atom is -0.494 e. The zero-order valence-corrected chi connectivity index (χ0v) is 9.61. The van der Waals surface area contributed by atoms with Crippen molar-refractivity contribution >= 4 is 0 Å². The van der Waals surface area contributed by atoms with Crippen LogP contribution in [-0.2, 0) is 6.42 Å². The maximum Gasteiger partial charge on any atom is 0.119 e. The second-order valence-electron chi connectivity index (χ2n) is 5.09. The molecule has 2 N–H and O–H groups in total. The van der Waals surface area contributed by atoms with Gasteiger partial charge in [0.05, 0.1) is 6.61 Å². The van der Waals surface area contributed by atoms with Gasteiger partial charge in [-0.25, -0.2) is 0 Å². The van der Waals surface area contributed by atoms with Crippen molar-refractivity contribution in [3.05, 3.63) is 29.3 Å². The quantitative estimate of drug-likeness (QED) is 0.841. The lowest BCUT2D eigenvalue weighted by Gasteiger charge is -2.09. The first-order valence-electron chi connectivity index (χ1n) is 6.34.